The summed E-state index contributed by atoms with van der Waals surface area (Å²) in [5.41, 5.74) is 7.18. The van der Waals surface area contributed by atoms with Crippen LogP contribution in [0, 0.1) is 5.82 Å². The molecule has 1 N–H and O–H groups in total. The lowest BCUT2D eigenvalue weighted by Crippen LogP contribution is -2.33. The van der Waals surface area contributed by atoms with Crippen molar-refractivity contribution >= 4 is 23.0 Å². The number of nitrogens with one attached hydrogen (secondary N) is 1. The van der Waals surface area contributed by atoms with Gasteiger partial charge in [0.25, 0.3) is 5.91 Å². The van der Waals surface area contributed by atoms with Gasteiger partial charge in [0.2, 0.25) is 0 Å². The number of fused-ring (bicyclic) bond motifs is 2. The molecule has 1 aromatic heterocycles. The van der Waals surface area contributed by atoms with Gasteiger partial charge in [-0.15, -0.1) is 0 Å². The van der Waals surface area contributed by atoms with Gasteiger partial charge in [0.1, 0.15) is 11.5 Å². The van der Waals surface area contributed by atoms with Crippen molar-refractivity contribution < 1.29 is 9.18 Å². The number of benzene rings is 2. The largest absolute Gasteiger partial charge is 0.344 e. The summed E-state index contributed by atoms with van der Waals surface area (Å²) >= 11 is 0. The molecule has 1 amide bonds. The van der Waals surface area contributed by atoms with E-state index in [-0.39, 0.29) is 17.8 Å². The van der Waals surface area contributed by atoms with Gasteiger partial charge in [0.15, 0.2) is 0 Å². The summed E-state index contributed by atoms with van der Waals surface area (Å²) < 4.78 is 13.5. The SMILES string of the molecule is C[C@@H](NC(=O)C1=Nc2cc3c(cc2C1)CN=C3c1ccncc1)c1cccc(F)c1. The molecule has 6 heteroatoms. The smallest absolute Gasteiger partial charge is 0.266 e. The first-order chi connectivity index (χ1) is 14.6. The number of carbonyl (C=O) groups is 1. The monoisotopic (exact) mass is 398 g/mol. The maximum absolute atomic E-state index is 13.5. The number of pyridine rings is 1. The van der Waals surface area contributed by atoms with Crippen molar-refractivity contribution in [2.24, 2.45) is 9.98 Å². The molecule has 0 saturated carbocycles. The van der Waals surface area contributed by atoms with Crippen LogP contribution in [0.2, 0.25) is 0 Å². The van der Waals surface area contributed by atoms with Crippen molar-refractivity contribution in [2.45, 2.75) is 25.9 Å². The van der Waals surface area contributed by atoms with Gasteiger partial charge < -0.3 is 5.32 Å². The zero-order valence-electron chi connectivity index (χ0n) is 16.4. The average Bonchev–Trinajstić information content (AvgIpc) is 3.36. The summed E-state index contributed by atoms with van der Waals surface area (Å²) in [5.74, 6) is -0.550. The number of nitrogens with zero attached hydrogens (tertiary/aromatic N) is 3. The maximum atomic E-state index is 13.5. The second-order valence-corrected chi connectivity index (χ2v) is 7.52. The second-order valence-electron chi connectivity index (χ2n) is 7.52. The molecule has 2 aliphatic rings. The first kappa shape index (κ1) is 18.4. The highest BCUT2D eigenvalue weighted by molar-refractivity contribution is 6.41. The normalized spacial score (nSPS) is 15.1. The van der Waals surface area contributed by atoms with Crippen molar-refractivity contribution in [3.8, 4) is 0 Å². The van der Waals surface area contributed by atoms with Gasteiger partial charge in [-0.1, -0.05) is 18.2 Å². The molecule has 0 aliphatic carbocycles. The third-order valence-electron chi connectivity index (χ3n) is 5.49. The van der Waals surface area contributed by atoms with E-state index in [1.54, 1.807) is 24.5 Å². The molecule has 3 heterocycles. The van der Waals surface area contributed by atoms with E-state index >= 15 is 0 Å². The number of aromatic nitrogens is 1. The lowest BCUT2D eigenvalue weighted by atomic mass is 9.97. The lowest BCUT2D eigenvalue weighted by molar-refractivity contribution is -0.115. The van der Waals surface area contributed by atoms with Crippen LogP contribution < -0.4 is 5.32 Å². The Bertz CT molecular complexity index is 1220. The lowest BCUT2D eigenvalue weighted by Gasteiger charge is -2.14. The van der Waals surface area contributed by atoms with Crippen molar-refractivity contribution in [3.05, 3.63) is 94.6 Å². The fraction of sp³-hybridized carbons (Fsp3) is 0.167. The Morgan fingerprint density at radius 3 is 2.73 bits per heavy atom. The quantitative estimate of drug-likeness (QED) is 0.720. The Morgan fingerprint density at radius 1 is 1.10 bits per heavy atom. The van der Waals surface area contributed by atoms with Gasteiger partial charge in [0.05, 0.1) is 24.0 Å². The van der Waals surface area contributed by atoms with Gasteiger partial charge >= 0.3 is 0 Å². The first-order valence-corrected chi connectivity index (χ1v) is 9.83. The van der Waals surface area contributed by atoms with Gasteiger partial charge in [-0.25, -0.2) is 9.38 Å². The highest BCUT2D eigenvalue weighted by Gasteiger charge is 2.26. The molecular formula is C24H19FN4O. The molecule has 0 spiro atoms. The Hall–Kier alpha value is -3.67. The van der Waals surface area contributed by atoms with E-state index in [4.69, 9.17) is 0 Å². The minimum absolute atomic E-state index is 0.230. The number of rotatable bonds is 4. The Labute approximate surface area is 173 Å². The zero-order chi connectivity index (χ0) is 20.7. The van der Waals surface area contributed by atoms with E-state index in [0.29, 0.717) is 18.7 Å². The molecule has 2 aromatic carbocycles. The molecule has 3 aromatic rings. The van der Waals surface area contributed by atoms with Gasteiger partial charge in [-0.2, -0.15) is 0 Å². The van der Waals surface area contributed by atoms with E-state index < -0.39 is 0 Å². The first-order valence-electron chi connectivity index (χ1n) is 9.83. The standard InChI is InChI=1S/C24H19FN4O/c1-14(16-3-2-4-19(25)10-16)28-24(30)22-11-17-9-18-13-27-23(15-5-7-26-8-6-15)20(18)12-21(17)29-22/h2-10,12,14H,11,13H2,1H3,(H,28,30)/t14-/m1/s1. The minimum Gasteiger partial charge on any atom is -0.344 e. The fourth-order valence-corrected chi connectivity index (χ4v) is 3.92. The molecule has 30 heavy (non-hydrogen) atoms. The van der Waals surface area contributed by atoms with E-state index in [1.807, 2.05) is 25.1 Å². The van der Waals surface area contributed by atoms with Crippen LogP contribution in [0.4, 0.5) is 10.1 Å². The Morgan fingerprint density at radius 2 is 1.93 bits per heavy atom. The number of amides is 1. The third kappa shape index (κ3) is 3.30. The van der Waals surface area contributed by atoms with Crippen LogP contribution in [0.3, 0.4) is 0 Å². The molecule has 0 unspecified atom stereocenters. The van der Waals surface area contributed by atoms with Gasteiger partial charge in [-0.3, -0.25) is 14.8 Å². The second kappa shape index (κ2) is 7.30. The molecule has 0 radical (unpaired) electrons. The van der Waals surface area contributed by atoms with E-state index in [9.17, 15) is 9.18 Å². The summed E-state index contributed by atoms with van der Waals surface area (Å²) in [4.78, 5) is 26.1. The summed E-state index contributed by atoms with van der Waals surface area (Å²) in [6, 6.07) is 13.9. The van der Waals surface area contributed by atoms with Crippen LogP contribution in [-0.4, -0.2) is 22.3 Å². The molecular weight excluding hydrogens is 379 g/mol. The topological polar surface area (TPSA) is 66.7 Å². The highest BCUT2D eigenvalue weighted by Crippen LogP contribution is 2.34. The van der Waals surface area contributed by atoms with Crippen molar-refractivity contribution in [2.75, 3.05) is 0 Å². The Kier molecular flexibility index (Phi) is 4.47. The molecule has 2 aliphatic heterocycles. The van der Waals surface area contributed by atoms with Crippen molar-refractivity contribution in [3.63, 3.8) is 0 Å². The number of halogens is 1. The predicted molar refractivity (Wildman–Crippen MR) is 114 cm³/mol. The van der Waals surface area contributed by atoms with Crippen LogP contribution in [0.1, 0.15) is 40.8 Å². The number of carbonyl (C=O) groups excluding carboxylic acids is 1. The van der Waals surface area contributed by atoms with Crippen LogP contribution >= 0.6 is 0 Å². The molecule has 5 rings (SSSR count). The van der Waals surface area contributed by atoms with Crippen LogP contribution in [0.5, 0.6) is 0 Å². The molecule has 1 atom stereocenters. The maximum Gasteiger partial charge on any atom is 0.266 e. The van der Waals surface area contributed by atoms with Crippen LogP contribution in [0.15, 0.2) is 70.9 Å². The van der Waals surface area contributed by atoms with Gasteiger partial charge in [0, 0.05) is 29.9 Å². The average molecular weight is 398 g/mol. The zero-order valence-corrected chi connectivity index (χ0v) is 16.4. The minimum atomic E-state index is -0.319. The summed E-state index contributed by atoms with van der Waals surface area (Å²) in [6.45, 7) is 2.46. The van der Waals surface area contributed by atoms with E-state index in [1.165, 1.54) is 12.1 Å². The summed E-state index contributed by atoms with van der Waals surface area (Å²) in [7, 11) is 0. The van der Waals surface area contributed by atoms with Crippen LogP contribution in [0.25, 0.3) is 0 Å². The van der Waals surface area contributed by atoms with Crippen molar-refractivity contribution in [1.82, 2.24) is 10.3 Å². The van der Waals surface area contributed by atoms with Crippen LogP contribution in [-0.2, 0) is 17.8 Å². The molecule has 0 saturated heterocycles. The predicted octanol–water partition coefficient (Wildman–Crippen LogP) is 4.08. The molecule has 0 bridgehead atoms. The third-order valence-corrected chi connectivity index (χ3v) is 5.49. The summed E-state index contributed by atoms with van der Waals surface area (Å²) in [6.07, 6.45) is 3.99. The highest BCUT2D eigenvalue weighted by atomic mass is 19.1. The van der Waals surface area contributed by atoms with E-state index in [0.717, 1.165) is 39.2 Å². The Balaban J connectivity index is 1.37. The van der Waals surface area contributed by atoms with E-state index in [2.05, 4.69) is 26.4 Å². The molecule has 5 nitrogen and oxygen atoms in total. The number of hydrogen-bond donors (Lipinski definition) is 1. The van der Waals surface area contributed by atoms with Crippen molar-refractivity contribution in [1.29, 1.82) is 0 Å². The number of hydrogen-bond acceptors (Lipinski definition) is 4. The summed E-state index contributed by atoms with van der Waals surface area (Å²) in [5, 5.41) is 2.92. The fourth-order valence-electron chi connectivity index (χ4n) is 3.92. The number of aliphatic imine (C=N–C) groups is 2. The molecule has 148 valence electrons. The molecule has 0 fully saturated rings. The van der Waals surface area contributed by atoms with Gasteiger partial charge in [-0.05, 0) is 53.9 Å².